The van der Waals surface area contributed by atoms with Crippen LogP contribution in [0, 0.1) is 16.7 Å². The Balaban J connectivity index is 1.54. The first-order chi connectivity index (χ1) is 12.1. The molecule has 5 heteroatoms. The average Bonchev–Trinajstić information content (AvgIpc) is 3.21. The second kappa shape index (κ2) is 6.05. The maximum Gasteiger partial charge on any atom is 0.321 e. The van der Waals surface area contributed by atoms with Crippen molar-refractivity contribution in [2.24, 2.45) is 5.41 Å². The zero-order chi connectivity index (χ0) is 17.4. The molecule has 2 aromatic rings. The highest BCUT2D eigenvalue weighted by atomic mass is 16.2. The minimum Gasteiger partial charge on any atom is -0.324 e. The molecule has 25 heavy (non-hydrogen) atoms. The van der Waals surface area contributed by atoms with Crippen molar-refractivity contribution in [1.29, 1.82) is 5.26 Å². The number of likely N-dealkylation sites (tertiary alicyclic amines) is 2. The van der Waals surface area contributed by atoms with Crippen LogP contribution in [0.15, 0.2) is 36.4 Å². The molecule has 4 rings (SSSR count). The van der Waals surface area contributed by atoms with Crippen LogP contribution in [-0.2, 0) is 0 Å². The van der Waals surface area contributed by atoms with Crippen LogP contribution in [-0.4, -0.2) is 49.1 Å². The lowest BCUT2D eigenvalue weighted by Gasteiger charge is -2.24. The Morgan fingerprint density at radius 3 is 2.60 bits per heavy atom. The van der Waals surface area contributed by atoms with Crippen molar-refractivity contribution < 1.29 is 4.79 Å². The fourth-order valence-corrected chi connectivity index (χ4v) is 4.30. The van der Waals surface area contributed by atoms with Gasteiger partial charge in [0.15, 0.2) is 0 Å². The summed E-state index contributed by atoms with van der Waals surface area (Å²) in [6, 6.07) is 13.5. The zero-order valence-corrected chi connectivity index (χ0v) is 14.5. The summed E-state index contributed by atoms with van der Waals surface area (Å²) in [4.78, 5) is 17.1. The minimum atomic E-state index is -0.0405. The van der Waals surface area contributed by atoms with Crippen LogP contribution in [0.5, 0.6) is 0 Å². The summed E-state index contributed by atoms with van der Waals surface area (Å²) in [5.74, 6) is 0. The Bertz CT molecular complexity index is 872. The predicted molar refractivity (Wildman–Crippen MR) is 98.4 cm³/mol. The average molecular weight is 334 g/mol. The number of amides is 2. The first kappa shape index (κ1) is 15.9. The van der Waals surface area contributed by atoms with Crippen LogP contribution in [0.4, 0.5) is 10.5 Å². The number of nitrogens with one attached hydrogen (secondary N) is 1. The summed E-state index contributed by atoms with van der Waals surface area (Å²) in [6.07, 6.45) is 2.26. The second-order valence-corrected chi connectivity index (χ2v) is 7.41. The third-order valence-corrected chi connectivity index (χ3v) is 5.64. The Kier molecular flexibility index (Phi) is 3.85. The van der Waals surface area contributed by atoms with E-state index in [2.05, 4.69) is 23.3 Å². The van der Waals surface area contributed by atoms with Crippen molar-refractivity contribution in [3.63, 3.8) is 0 Å². The molecule has 2 amide bonds. The van der Waals surface area contributed by atoms with Gasteiger partial charge in [0, 0.05) is 35.8 Å². The highest BCUT2D eigenvalue weighted by molar-refractivity contribution is 6.03. The maximum atomic E-state index is 12.8. The predicted octanol–water partition coefficient (Wildman–Crippen LogP) is 3.27. The number of urea groups is 1. The molecule has 2 aromatic carbocycles. The van der Waals surface area contributed by atoms with Crippen LogP contribution < -0.4 is 5.32 Å². The summed E-state index contributed by atoms with van der Waals surface area (Å²) >= 11 is 0. The van der Waals surface area contributed by atoms with E-state index in [1.165, 1.54) is 6.42 Å². The fraction of sp³-hybridized carbons (Fsp3) is 0.400. The molecule has 1 N–H and O–H groups in total. The Morgan fingerprint density at radius 2 is 1.88 bits per heavy atom. The van der Waals surface area contributed by atoms with Crippen LogP contribution in [0.1, 0.15) is 18.4 Å². The summed E-state index contributed by atoms with van der Waals surface area (Å²) in [5.41, 5.74) is 1.67. The van der Waals surface area contributed by atoms with Gasteiger partial charge in [0.25, 0.3) is 0 Å². The third-order valence-electron chi connectivity index (χ3n) is 5.64. The number of hydrogen-bond donors (Lipinski definition) is 1. The summed E-state index contributed by atoms with van der Waals surface area (Å²) in [5, 5.41) is 14.1. The Morgan fingerprint density at radius 1 is 1.12 bits per heavy atom. The zero-order valence-electron chi connectivity index (χ0n) is 14.5. The van der Waals surface area contributed by atoms with Gasteiger partial charge in [-0.15, -0.1) is 0 Å². The number of anilines is 1. The van der Waals surface area contributed by atoms with Gasteiger partial charge in [0.2, 0.25) is 0 Å². The van der Waals surface area contributed by atoms with Crippen molar-refractivity contribution in [2.75, 3.05) is 38.5 Å². The van der Waals surface area contributed by atoms with E-state index in [1.54, 1.807) is 6.07 Å². The van der Waals surface area contributed by atoms with Crippen molar-refractivity contribution >= 4 is 22.5 Å². The van der Waals surface area contributed by atoms with Gasteiger partial charge in [-0.2, -0.15) is 5.26 Å². The molecule has 1 spiro atoms. The standard InChI is InChI=1S/C20H22N4O/c1-23-10-8-20(13-23)9-11-24(14-20)19(25)22-18-7-6-15(12-21)16-4-2-3-5-17(16)18/h2-7H,8-11,13-14H2,1H3,(H,22,25)/t20-/m0/s1. The molecule has 2 aliphatic rings. The van der Waals surface area contributed by atoms with Crippen LogP contribution in [0.25, 0.3) is 10.8 Å². The molecule has 128 valence electrons. The van der Waals surface area contributed by atoms with Crippen molar-refractivity contribution in [3.8, 4) is 6.07 Å². The highest BCUT2D eigenvalue weighted by Crippen LogP contribution is 2.39. The highest BCUT2D eigenvalue weighted by Gasteiger charge is 2.43. The van der Waals surface area contributed by atoms with Crippen molar-refractivity contribution in [3.05, 3.63) is 42.0 Å². The molecule has 0 aliphatic carbocycles. The Hall–Kier alpha value is -2.58. The Labute approximate surface area is 147 Å². The number of benzene rings is 2. The minimum absolute atomic E-state index is 0.0405. The lowest BCUT2D eigenvalue weighted by Crippen LogP contribution is -2.36. The molecule has 2 saturated heterocycles. The lowest BCUT2D eigenvalue weighted by molar-refractivity contribution is 0.212. The van der Waals surface area contributed by atoms with Crippen LogP contribution >= 0.6 is 0 Å². The molecule has 0 radical (unpaired) electrons. The van der Waals surface area contributed by atoms with E-state index in [1.807, 2.05) is 35.2 Å². The van der Waals surface area contributed by atoms with Gasteiger partial charge in [0.1, 0.15) is 0 Å². The molecule has 2 heterocycles. The van der Waals surface area contributed by atoms with Gasteiger partial charge in [-0.05, 0) is 38.6 Å². The van der Waals surface area contributed by atoms with Gasteiger partial charge >= 0.3 is 6.03 Å². The second-order valence-electron chi connectivity index (χ2n) is 7.41. The summed E-state index contributed by atoms with van der Waals surface area (Å²) in [6.45, 7) is 3.84. The van der Waals surface area contributed by atoms with Gasteiger partial charge in [-0.3, -0.25) is 0 Å². The van der Waals surface area contributed by atoms with Crippen molar-refractivity contribution in [2.45, 2.75) is 12.8 Å². The number of hydrogen-bond acceptors (Lipinski definition) is 3. The number of carbonyl (C=O) groups excluding carboxylic acids is 1. The third kappa shape index (κ3) is 2.83. The molecule has 0 saturated carbocycles. The van der Waals surface area contributed by atoms with E-state index in [9.17, 15) is 10.1 Å². The SMILES string of the molecule is CN1CC[C@]2(CCN(C(=O)Nc3ccc(C#N)c4ccccc34)C2)C1. The molecule has 2 fully saturated rings. The molecule has 0 aromatic heterocycles. The number of rotatable bonds is 1. The van der Waals surface area contributed by atoms with E-state index >= 15 is 0 Å². The molecule has 0 unspecified atom stereocenters. The van der Waals surface area contributed by atoms with Crippen molar-refractivity contribution in [1.82, 2.24) is 9.80 Å². The molecular formula is C20H22N4O. The normalized spacial score (nSPS) is 23.3. The van der Waals surface area contributed by atoms with E-state index in [-0.39, 0.29) is 11.4 Å². The van der Waals surface area contributed by atoms with Gasteiger partial charge in [-0.1, -0.05) is 24.3 Å². The topological polar surface area (TPSA) is 59.4 Å². The van der Waals surface area contributed by atoms with E-state index < -0.39 is 0 Å². The molecule has 1 atom stereocenters. The van der Waals surface area contributed by atoms with Crippen LogP contribution in [0.3, 0.4) is 0 Å². The summed E-state index contributed by atoms with van der Waals surface area (Å²) < 4.78 is 0. The van der Waals surface area contributed by atoms with Gasteiger partial charge < -0.3 is 15.1 Å². The summed E-state index contributed by atoms with van der Waals surface area (Å²) in [7, 11) is 2.15. The van der Waals surface area contributed by atoms with E-state index in [4.69, 9.17) is 0 Å². The smallest absolute Gasteiger partial charge is 0.321 e. The van der Waals surface area contributed by atoms with Gasteiger partial charge in [0.05, 0.1) is 17.3 Å². The first-order valence-electron chi connectivity index (χ1n) is 8.77. The lowest BCUT2D eigenvalue weighted by atomic mass is 9.86. The van der Waals surface area contributed by atoms with E-state index in [0.29, 0.717) is 5.56 Å². The fourth-order valence-electron chi connectivity index (χ4n) is 4.30. The number of fused-ring (bicyclic) bond motifs is 1. The number of nitrogens with zero attached hydrogens (tertiary/aromatic N) is 3. The van der Waals surface area contributed by atoms with Gasteiger partial charge in [-0.25, -0.2) is 4.79 Å². The molecule has 2 aliphatic heterocycles. The first-order valence-corrected chi connectivity index (χ1v) is 8.77. The number of nitriles is 1. The molecular weight excluding hydrogens is 312 g/mol. The number of carbonyl (C=O) groups is 1. The molecule has 5 nitrogen and oxygen atoms in total. The largest absolute Gasteiger partial charge is 0.324 e. The van der Waals surface area contributed by atoms with Crippen LogP contribution in [0.2, 0.25) is 0 Å². The molecule has 0 bridgehead atoms. The monoisotopic (exact) mass is 334 g/mol. The van der Waals surface area contributed by atoms with E-state index in [0.717, 1.165) is 49.1 Å². The maximum absolute atomic E-state index is 12.8. The quantitative estimate of drug-likeness (QED) is 0.871.